The van der Waals surface area contributed by atoms with Crippen LogP contribution in [-0.2, 0) is 25.5 Å². The van der Waals surface area contributed by atoms with Crippen molar-refractivity contribution in [3.8, 4) is 33.6 Å². The molecule has 4 aromatic carbocycles. The molecule has 0 amide bonds. The van der Waals surface area contributed by atoms with E-state index in [2.05, 4.69) is 146 Å². The zero-order chi connectivity index (χ0) is 35.3. The van der Waals surface area contributed by atoms with Crippen molar-refractivity contribution >= 4 is 43.4 Å². The molecule has 0 fully saturated rings. The minimum Gasteiger partial charge on any atom is -0.501 e. The molecule has 4 heterocycles. The van der Waals surface area contributed by atoms with Crippen LogP contribution in [0.5, 0.6) is 0 Å². The van der Waals surface area contributed by atoms with Crippen molar-refractivity contribution in [2.45, 2.75) is 67.7 Å². The van der Waals surface area contributed by atoms with E-state index < -0.39 is 0 Å². The molecule has 0 saturated heterocycles. The van der Waals surface area contributed by atoms with E-state index in [0.29, 0.717) is 0 Å². The van der Waals surface area contributed by atoms with Gasteiger partial charge < -0.3 is 14.4 Å². The van der Waals surface area contributed by atoms with E-state index in [1.807, 2.05) is 35.9 Å². The molecule has 0 aliphatic carbocycles. The summed E-state index contributed by atoms with van der Waals surface area (Å²) in [6.07, 6.45) is 3.96. The molecule has 5 heteroatoms. The molecule has 0 bridgehead atoms. The van der Waals surface area contributed by atoms with Crippen molar-refractivity contribution in [3.63, 3.8) is 0 Å². The van der Waals surface area contributed by atoms with Gasteiger partial charge in [0.25, 0.3) is 0 Å². The number of hydrogen-bond acceptors (Lipinski definition) is 4. The zero-order valence-electron chi connectivity index (χ0n) is 30.7. The normalized spacial score (nSPS) is 11.5. The fourth-order valence-electron chi connectivity index (χ4n) is 6.73. The summed E-state index contributed by atoms with van der Waals surface area (Å²) < 4.78 is 7.75. The molecule has 8 aromatic rings. The first-order chi connectivity index (χ1) is 23.9. The molecule has 0 aliphatic heterocycles. The van der Waals surface area contributed by atoms with Crippen molar-refractivity contribution in [1.29, 1.82) is 0 Å². The third kappa shape index (κ3) is 7.08. The van der Waals surface area contributed by atoms with Gasteiger partial charge in [-0.25, -0.2) is 0 Å². The van der Waals surface area contributed by atoms with E-state index >= 15 is 0 Å². The van der Waals surface area contributed by atoms with Crippen molar-refractivity contribution in [2.75, 3.05) is 0 Å². The molecule has 259 valence electrons. The SMILES string of the molecule is Cc1c[c-]c(-c2cc(C)c(C)cn2)cc1.Cc1cc2ccc3oc4c(-c5cc(C(C)(C)C)c(-c6c(C)cccc6C)cn5)[c-]ccc4c3c2s1.[Ir]. The summed E-state index contributed by atoms with van der Waals surface area (Å²) in [7, 11) is 0. The number of furan rings is 1. The summed E-state index contributed by atoms with van der Waals surface area (Å²) in [5.41, 5.74) is 15.6. The van der Waals surface area contributed by atoms with Gasteiger partial charge in [-0.1, -0.05) is 74.5 Å². The predicted molar refractivity (Wildman–Crippen MR) is 212 cm³/mol. The Bertz CT molecular complexity index is 2510. The summed E-state index contributed by atoms with van der Waals surface area (Å²) in [6, 6.07) is 34.3. The molecule has 0 N–H and O–H groups in total. The van der Waals surface area contributed by atoms with Gasteiger partial charge in [0.1, 0.15) is 5.58 Å². The third-order valence-electron chi connectivity index (χ3n) is 9.54. The Labute approximate surface area is 319 Å². The van der Waals surface area contributed by atoms with Gasteiger partial charge in [0.15, 0.2) is 0 Å². The summed E-state index contributed by atoms with van der Waals surface area (Å²) in [4.78, 5) is 10.7. The second kappa shape index (κ2) is 14.3. The van der Waals surface area contributed by atoms with E-state index in [1.165, 1.54) is 64.9 Å². The second-order valence-electron chi connectivity index (χ2n) is 14.5. The van der Waals surface area contributed by atoms with E-state index in [1.54, 1.807) is 0 Å². The molecule has 0 atom stereocenters. The van der Waals surface area contributed by atoms with Crippen molar-refractivity contribution < 1.29 is 24.5 Å². The molecule has 1 radical (unpaired) electrons. The Morgan fingerprint density at radius 3 is 2.16 bits per heavy atom. The smallest absolute Gasteiger partial charge is 0.122 e. The van der Waals surface area contributed by atoms with Crippen LogP contribution in [0.25, 0.3) is 65.7 Å². The number of nitrogens with zero attached hydrogens (tertiary/aromatic N) is 2. The number of aromatic nitrogens is 2. The Morgan fingerprint density at radius 1 is 0.725 bits per heavy atom. The standard InChI is InChI=1S/C32H28NOS.C14H14N.Ir/c1-18-9-7-10-19(2)28(18)24-17-33-26(16-25(24)32(4,5)6)22-11-8-12-23-29-27(34-30(22)23)14-13-21-15-20(3)35-31(21)29;1-10-4-6-13(7-5-10)14-8-11(2)12(3)9-15-14;/h7-10,12-17H,1-6H3;4-6,8-9H,1-3H3;/q2*-1;. The van der Waals surface area contributed by atoms with Crippen LogP contribution < -0.4 is 0 Å². The summed E-state index contributed by atoms with van der Waals surface area (Å²) in [5, 5.41) is 3.58. The number of fused-ring (bicyclic) bond motifs is 5. The van der Waals surface area contributed by atoms with Gasteiger partial charge in [-0.2, -0.15) is 0 Å². The maximum absolute atomic E-state index is 6.47. The van der Waals surface area contributed by atoms with Gasteiger partial charge >= 0.3 is 0 Å². The molecular formula is C46H42IrN2OS-2. The maximum atomic E-state index is 6.47. The van der Waals surface area contributed by atoms with Crippen LogP contribution in [-0.4, -0.2) is 9.97 Å². The Kier molecular flexibility index (Phi) is 10.2. The summed E-state index contributed by atoms with van der Waals surface area (Å²) in [6.45, 7) is 19.6. The molecule has 0 spiro atoms. The molecule has 0 saturated carbocycles. The van der Waals surface area contributed by atoms with Crippen molar-refractivity contribution in [2.24, 2.45) is 0 Å². The minimum absolute atomic E-state index is 0. The molecular weight excluding hydrogens is 821 g/mol. The molecule has 8 rings (SSSR count). The first-order valence-corrected chi connectivity index (χ1v) is 18.0. The van der Waals surface area contributed by atoms with Gasteiger partial charge in [-0.05, 0) is 103 Å². The van der Waals surface area contributed by atoms with Gasteiger partial charge in [0.2, 0.25) is 0 Å². The molecule has 51 heavy (non-hydrogen) atoms. The molecule has 3 nitrogen and oxygen atoms in total. The number of aryl methyl sites for hydroxylation is 6. The van der Waals surface area contributed by atoms with Gasteiger partial charge in [-0.15, -0.1) is 64.9 Å². The van der Waals surface area contributed by atoms with Crippen molar-refractivity contribution in [3.05, 3.63) is 142 Å². The van der Waals surface area contributed by atoms with Crippen LogP contribution in [0.1, 0.15) is 59.0 Å². The monoisotopic (exact) mass is 863 g/mol. The van der Waals surface area contributed by atoms with Crippen LogP contribution >= 0.6 is 11.3 Å². The fraction of sp³-hybridized carbons (Fsp3) is 0.217. The fourth-order valence-corrected chi connectivity index (χ4v) is 7.79. The third-order valence-corrected chi connectivity index (χ3v) is 10.6. The number of pyridine rings is 2. The van der Waals surface area contributed by atoms with E-state index in [0.717, 1.165) is 39.1 Å². The minimum atomic E-state index is -0.0514. The van der Waals surface area contributed by atoms with Gasteiger partial charge in [-0.3, -0.25) is 0 Å². The quantitative estimate of drug-likeness (QED) is 0.166. The largest absolute Gasteiger partial charge is 0.501 e. The zero-order valence-corrected chi connectivity index (χ0v) is 33.9. The first-order valence-electron chi connectivity index (χ1n) is 17.1. The Hall–Kier alpha value is -4.41. The van der Waals surface area contributed by atoms with E-state index in [9.17, 15) is 0 Å². The Morgan fingerprint density at radius 2 is 1.47 bits per heavy atom. The number of benzene rings is 4. The number of hydrogen-bond donors (Lipinski definition) is 0. The average molecular weight is 863 g/mol. The maximum Gasteiger partial charge on any atom is 0.122 e. The van der Waals surface area contributed by atoms with Crippen LogP contribution in [0.2, 0.25) is 0 Å². The van der Waals surface area contributed by atoms with Crippen molar-refractivity contribution in [1.82, 2.24) is 9.97 Å². The topological polar surface area (TPSA) is 38.9 Å². The number of thiophene rings is 1. The van der Waals surface area contributed by atoms with Gasteiger partial charge in [0.05, 0.1) is 5.58 Å². The van der Waals surface area contributed by atoms with Crippen LogP contribution in [0, 0.1) is 53.7 Å². The second-order valence-corrected chi connectivity index (χ2v) is 15.7. The first kappa shape index (κ1) is 36.4. The van der Waals surface area contributed by atoms with Gasteiger partial charge in [0, 0.05) is 53.0 Å². The van der Waals surface area contributed by atoms with Crippen LogP contribution in [0.3, 0.4) is 0 Å². The summed E-state index contributed by atoms with van der Waals surface area (Å²) >= 11 is 1.82. The van der Waals surface area contributed by atoms with E-state index in [-0.39, 0.29) is 25.5 Å². The molecule has 0 unspecified atom stereocenters. The van der Waals surface area contributed by atoms with Crippen LogP contribution in [0.15, 0.2) is 95.7 Å². The van der Waals surface area contributed by atoms with E-state index in [4.69, 9.17) is 9.40 Å². The number of rotatable bonds is 3. The van der Waals surface area contributed by atoms with Crippen LogP contribution in [0.4, 0.5) is 0 Å². The summed E-state index contributed by atoms with van der Waals surface area (Å²) in [5.74, 6) is 0. The Balaban J connectivity index is 0.000000236. The predicted octanol–water partition coefficient (Wildman–Crippen LogP) is 13.0. The molecule has 0 aliphatic rings. The molecule has 4 aromatic heterocycles. The average Bonchev–Trinajstić information content (AvgIpc) is 3.66.